The lowest BCUT2D eigenvalue weighted by Gasteiger charge is -2.26. The van der Waals surface area contributed by atoms with Crippen LogP contribution in [0.3, 0.4) is 0 Å². The SMILES string of the molecule is COC(=O)C(c1ccc(Cl)cc1F)N1CCC(C)C1. The van der Waals surface area contributed by atoms with Crippen molar-refractivity contribution in [3.05, 3.63) is 34.6 Å². The molecule has 3 nitrogen and oxygen atoms in total. The summed E-state index contributed by atoms with van der Waals surface area (Å²) in [5.74, 6) is -0.403. The third kappa shape index (κ3) is 3.07. The van der Waals surface area contributed by atoms with E-state index in [1.807, 2.05) is 4.90 Å². The molecule has 0 saturated carbocycles. The Morgan fingerprint density at radius 2 is 2.32 bits per heavy atom. The molecule has 1 aliphatic rings. The van der Waals surface area contributed by atoms with Crippen molar-refractivity contribution in [1.29, 1.82) is 0 Å². The number of methoxy groups -OCH3 is 1. The number of rotatable bonds is 3. The molecule has 0 radical (unpaired) electrons. The number of carbonyl (C=O) groups is 1. The van der Waals surface area contributed by atoms with E-state index in [2.05, 4.69) is 6.92 Å². The summed E-state index contributed by atoms with van der Waals surface area (Å²) in [7, 11) is 1.32. The second-order valence-corrected chi connectivity index (χ2v) is 5.42. The van der Waals surface area contributed by atoms with Gasteiger partial charge in [-0.25, -0.2) is 9.18 Å². The van der Waals surface area contributed by atoms with Crippen molar-refractivity contribution in [2.24, 2.45) is 5.92 Å². The molecule has 1 aromatic carbocycles. The second-order valence-electron chi connectivity index (χ2n) is 4.98. The molecule has 0 spiro atoms. The van der Waals surface area contributed by atoms with Crippen LogP contribution < -0.4 is 0 Å². The molecule has 2 rings (SSSR count). The van der Waals surface area contributed by atoms with Crippen LogP contribution in [0.15, 0.2) is 18.2 Å². The van der Waals surface area contributed by atoms with Crippen molar-refractivity contribution >= 4 is 17.6 Å². The van der Waals surface area contributed by atoms with Gasteiger partial charge in [0.2, 0.25) is 0 Å². The number of hydrogen-bond acceptors (Lipinski definition) is 3. The first kappa shape index (κ1) is 14.3. The molecule has 1 aliphatic heterocycles. The number of hydrogen-bond donors (Lipinski definition) is 0. The first-order valence-electron chi connectivity index (χ1n) is 6.29. The van der Waals surface area contributed by atoms with Gasteiger partial charge in [0.15, 0.2) is 0 Å². The Bertz CT molecular complexity index is 481. The Kier molecular flexibility index (Phi) is 4.42. The maximum atomic E-state index is 14.0. The van der Waals surface area contributed by atoms with Gasteiger partial charge in [0.05, 0.1) is 7.11 Å². The van der Waals surface area contributed by atoms with E-state index in [1.54, 1.807) is 12.1 Å². The topological polar surface area (TPSA) is 29.5 Å². The monoisotopic (exact) mass is 285 g/mol. The van der Waals surface area contributed by atoms with Crippen molar-refractivity contribution in [2.75, 3.05) is 20.2 Å². The zero-order chi connectivity index (χ0) is 14.0. The maximum absolute atomic E-state index is 14.0. The van der Waals surface area contributed by atoms with Crippen LogP contribution in [0.4, 0.5) is 4.39 Å². The Morgan fingerprint density at radius 3 is 2.84 bits per heavy atom. The van der Waals surface area contributed by atoms with Crippen molar-refractivity contribution < 1.29 is 13.9 Å². The molecule has 0 bridgehead atoms. The molecule has 5 heteroatoms. The van der Waals surface area contributed by atoms with E-state index >= 15 is 0 Å². The van der Waals surface area contributed by atoms with Crippen molar-refractivity contribution in [3.63, 3.8) is 0 Å². The normalized spacial score (nSPS) is 21.4. The van der Waals surface area contributed by atoms with Gasteiger partial charge in [-0.05, 0) is 31.0 Å². The van der Waals surface area contributed by atoms with Crippen molar-refractivity contribution in [1.82, 2.24) is 4.90 Å². The summed E-state index contributed by atoms with van der Waals surface area (Å²) >= 11 is 5.75. The molecule has 1 fully saturated rings. The summed E-state index contributed by atoms with van der Waals surface area (Å²) in [4.78, 5) is 13.9. The molecule has 1 saturated heterocycles. The molecule has 0 N–H and O–H groups in total. The highest BCUT2D eigenvalue weighted by molar-refractivity contribution is 6.30. The highest BCUT2D eigenvalue weighted by atomic mass is 35.5. The summed E-state index contributed by atoms with van der Waals surface area (Å²) in [5, 5.41) is 0.319. The fourth-order valence-corrected chi connectivity index (χ4v) is 2.67. The Morgan fingerprint density at radius 1 is 1.58 bits per heavy atom. The molecule has 2 unspecified atom stereocenters. The van der Waals surface area contributed by atoms with E-state index in [1.165, 1.54) is 13.2 Å². The van der Waals surface area contributed by atoms with Crippen LogP contribution in [0, 0.1) is 11.7 Å². The fraction of sp³-hybridized carbons (Fsp3) is 0.500. The minimum Gasteiger partial charge on any atom is -0.468 e. The first-order valence-corrected chi connectivity index (χ1v) is 6.67. The summed E-state index contributed by atoms with van der Waals surface area (Å²) in [6, 6.07) is 3.69. The quantitative estimate of drug-likeness (QED) is 0.800. The van der Waals surface area contributed by atoms with Crippen molar-refractivity contribution in [3.8, 4) is 0 Å². The van der Waals surface area contributed by atoms with Crippen LogP contribution in [-0.2, 0) is 9.53 Å². The molecule has 1 heterocycles. The third-order valence-corrected chi connectivity index (χ3v) is 3.74. The second kappa shape index (κ2) is 5.88. The number of halogens is 2. The van der Waals surface area contributed by atoms with Gasteiger partial charge in [-0.3, -0.25) is 4.90 Å². The molecule has 2 atom stereocenters. The number of esters is 1. The van der Waals surface area contributed by atoms with E-state index in [4.69, 9.17) is 16.3 Å². The van der Waals surface area contributed by atoms with Gasteiger partial charge in [0.1, 0.15) is 11.9 Å². The lowest BCUT2D eigenvalue weighted by Crippen LogP contribution is -2.33. The van der Waals surface area contributed by atoms with E-state index in [-0.39, 0.29) is 0 Å². The van der Waals surface area contributed by atoms with E-state index < -0.39 is 17.8 Å². The van der Waals surface area contributed by atoms with E-state index in [9.17, 15) is 9.18 Å². The van der Waals surface area contributed by atoms with Gasteiger partial charge in [-0.1, -0.05) is 24.6 Å². The van der Waals surface area contributed by atoms with Crippen LogP contribution in [0.5, 0.6) is 0 Å². The van der Waals surface area contributed by atoms with Crippen LogP contribution in [0.25, 0.3) is 0 Å². The lowest BCUT2D eigenvalue weighted by molar-refractivity contribution is -0.147. The fourth-order valence-electron chi connectivity index (χ4n) is 2.51. The molecule has 0 aromatic heterocycles. The summed E-state index contributed by atoms with van der Waals surface area (Å²) in [6.07, 6.45) is 1.00. The number of benzene rings is 1. The zero-order valence-corrected chi connectivity index (χ0v) is 11.8. The molecule has 1 aromatic rings. The summed E-state index contributed by atoms with van der Waals surface area (Å²) in [5.41, 5.74) is 0.324. The molecule has 19 heavy (non-hydrogen) atoms. The van der Waals surface area contributed by atoms with Gasteiger partial charge in [-0.15, -0.1) is 0 Å². The highest BCUT2D eigenvalue weighted by Crippen LogP contribution is 2.31. The molecule has 0 amide bonds. The molecule has 104 valence electrons. The summed E-state index contributed by atoms with van der Waals surface area (Å²) in [6.45, 7) is 3.65. The van der Waals surface area contributed by atoms with Gasteiger partial charge < -0.3 is 4.74 Å². The van der Waals surface area contributed by atoms with E-state index in [0.29, 0.717) is 16.5 Å². The van der Waals surface area contributed by atoms with Crippen LogP contribution in [-0.4, -0.2) is 31.1 Å². The lowest BCUT2D eigenvalue weighted by atomic mass is 10.0. The number of ether oxygens (including phenoxy) is 1. The third-order valence-electron chi connectivity index (χ3n) is 3.50. The Labute approximate surface area is 117 Å². The Balaban J connectivity index is 2.34. The van der Waals surface area contributed by atoms with Gasteiger partial charge in [0, 0.05) is 17.1 Å². The summed E-state index contributed by atoms with van der Waals surface area (Å²) < 4.78 is 18.8. The number of nitrogens with zero attached hydrogens (tertiary/aromatic N) is 1. The van der Waals surface area contributed by atoms with Crippen LogP contribution in [0.1, 0.15) is 24.9 Å². The number of carbonyl (C=O) groups excluding carboxylic acids is 1. The average Bonchev–Trinajstić information content (AvgIpc) is 2.78. The zero-order valence-electron chi connectivity index (χ0n) is 11.0. The van der Waals surface area contributed by atoms with Gasteiger partial charge in [-0.2, -0.15) is 0 Å². The minimum atomic E-state index is -0.688. The van der Waals surface area contributed by atoms with Gasteiger partial charge in [0.25, 0.3) is 0 Å². The molecule has 0 aliphatic carbocycles. The van der Waals surface area contributed by atoms with Crippen LogP contribution >= 0.6 is 11.6 Å². The van der Waals surface area contributed by atoms with Crippen molar-refractivity contribution in [2.45, 2.75) is 19.4 Å². The van der Waals surface area contributed by atoms with Crippen LogP contribution in [0.2, 0.25) is 5.02 Å². The maximum Gasteiger partial charge on any atom is 0.327 e. The molecular formula is C14H17ClFNO2. The minimum absolute atomic E-state index is 0.319. The Hall–Kier alpha value is -1.13. The average molecular weight is 286 g/mol. The predicted molar refractivity (Wildman–Crippen MR) is 71.5 cm³/mol. The first-order chi connectivity index (χ1) is 9.02. The highest BCUT2D eigenvalue weighted by Gasteiger charge is 2.34. The van der Waals surface area contributed by atoms with E-state index in [0.717, 1.165) is 19.5 Å². The number of likely N-dealkylation sites (tertiary alicyclic amines) is 1. The smallest absolute Gasteiger partial charge is 0.327 e. The van der Waals surface area contributed by atoms with Gasteiger partial charge >= 0.3 is 5.97 Å². The predicted octanol–water partition coefficient (Wildman–Crippen LogP) is 3.04. The largest absolute Gasteiger partial charge is 0.468 e. The standard InChI is InChI=1S/C14H17ClFNO2/c1-9-5-6-17(8-9)13(14(18)19-2)11-4-3-10(15)7-12(11)16/h3-4,7,9,13H,5-6,8H2,1-2H3. The molecular weight excluding hydrogens is 269 g/mol.